The molecule has 0 aromatic rings. The van der Waals surface area contributed by atoms with Gasteiger partial charge in [0.05, 0.1) is 0 Å². The molecular weight excluding hydrogens is 488 g/mol. The van der Waals surface area contributed by atoms with Crippen LogP contribution in [0, 0.1) is 0 Å². The Kier molecular flexibility index (Phi) is 36.7. The predicted octanol–water partition coefficient (Wildman–Crippen LogP) is 9.87. The zero-order valence-electron chi connectivity index (χ0n) is 27.6. The number of rotatable bonds is 36. The van der Waals surface area contributed by atoms with Gasteiger partial charge in [0.2, 0.25) is 0 Å². The molecule has 4 heteroatoms. The van der Waals surface area contributed by atoms with Crippen LogP contribution in [-0.2, 0) is 0 Å². The van der Waals surface area contributed by atoms with Crippen LogP contribution in [0.15, 0.2) is 0 Å². The van der Waals surface area contributed by atoms with Crippen molar-refractivity contribution >= 4 is 0 Å². The van der Waals surface area contributed by atoms with Gasteiger partial charge in [-0.25, -0.2) is 0 Å². The van der Waals surface area contributed by atoms with Crippen molar-refractivity contribution in [3.8, 4) is 0 Å². The van der Waals surface area contributed by atoms with Crippen molar-refractivity contribution in [3.63, 3.8) is 0 Å². The van der Waals surface area contributed by atoms with E-state index in [-0.39, 0.29) is 0 Å². The third-order valence-electron chi connectivity index (χ3n) is 8.79. The summed E-state index contributed by atoms with van der Waals surface area (Å²) in [7, 11) is 0. The zero-order valence-corrected chi connectivity index (χ0v) is 27.6. The smallest absolute Gasteiger partial charge is 0.00187 e. The number of nitrogens with zero attached hydrogens (tertiary/aromatic N) is 1. The van der Waals surface area contributed by atoms with Crippen molar-refractivity contribution in [1.82, 2.24) is 4.90 Å². The molecule has 4 nitrogen and oxygen atoms in total. The first-order valence-corrected chi connectivity index (χ1v) is 18.7. The Morgan fingerprint density at radius 1 is 0.200 bits per heavy atom. The summed E-state index contributed by atoms with van der Waals surface area (Å²) in [4.78, 5) is 2.83. The lowest BCUT2D eigenvalue weighted by Gasteiger charge is -2.22. The molecule has 0 rings (SSSR count). The first kappa shape index (κ1) is 39.8. The van der Waals surface area contributed by atoms with Gasteiger partial charge in [0, 0.05) is 0 Å². The molecule has 0 amide bonds. The normalized spacial score (nSPS) is 11.7. The summed E-state index contributed by atoms with van der Waals surface area (Å²) in [5.41, 5.74) is 16.8. The van der Waals surface area contributed by atoms with Gasteiger partial charge in [0.25, 0.3) is 0 Å². The summed E-state index contributed by atoms with van der Waals surface area (Å²) in [6.45, 7) is 6.61. The second-order valence-electron chi connectivity index (χ2n) is 12.8. The minimum Gasteiger partial charge on any atom is -0.330 e. The molecule has 40 heavy (non-hydrogen) atoms. The van der Waals surface area contributed by atoms with Crippen molar-refractivity contribution in [3.05, 3.63) is 0 Å². The van der Waals surface area contributed by atoms with Crippen LogP contribution in [0.2, 0.25) is 0 Å². The Morgan fingerprint density at radius 2 is 0.350 bits per heavy atom. The number of unbranched alkanes of at least 4 members (excludes halogenated alkanes) is 27. The maximum Gasteiger partial charge on any atom is -0.00187 e. The van der Waals surface area contributed by atoms with E-state index in [0.29, 0.717) is 0 Å². The Bertz CT molecular complexity index is 369. The Balaban J connectivity index is 3.89. The van der Waals surface area contributed by atoms with E-state index in [1.165, 1.54) is 212 Å². The maximum atomic E-state index is 5.59. The minimum atomic E-state index is 0.865. The standard InChI is InChI=1S/C36H78N4/c37-31-25-19-13-7-1-4-10-16-22-28-34-40(35-29-23-17-11-5-2-8-14-20-26-32-38)36-30-24-18-12-6-3-9-15-21-27-33-39/h1-39H2. The lowest BCUT2D eigenvalue weighted by Crippen LogP contribution is -2.27. The van der Waals surface area contributed by atoms with Gasteiger partial charge in [-0.1, -0.05) is 154 Å². The van der Waals surface area contributed by atoms with Crippen molar-refractivity contribution in [1.29, 1.82) is 0 Å². The first-order chi connectivity index (χ1) is 19.8. The Hall–Kier alpha value is -0.160. The highest BCUT2D eigenvalue weighted by atomic mass is 15.1. The highest BCUT2D eigenvalue weighted by Gasteiger charge is 2.05. The van der Waals surface area contributed by atoms with E-state index < -0.39 is 0 Å². The van der Waals surface area contributed by atoms with Crippen LogP contribution in [-0.4, -0.2) is 44.2 Å². The molecule has 0 saturated heterocycles. The van der Waals surface area contributed by atoms with Gasteiger partial charge < -0.3 is 22.1 Å². The van der Waals surface area contributed by atoms with Crippen LogP contribution in [0.1, 0.15) is 193 Å². The van der Waals surface area contributed by atoms with Gasteiger partial charge in [-0.2, -0.15) is 0 Å². The largest absolute Gasteiger partial charge is 0.330 e. The summed E-state index contributed by atoms with van der Waals surface area (Å²) < 4.78 is 0. The maximum absolute atomic E-state index is 5.59. The van der Waals surface area contributed by atoms with Crippen LogP contribution >= 0.6 is 0 Å². The number of hydrogen-bond acceptors (Lipinski definition) is 4. The van der Waals surface area contributed by atoms with E-state index >= 15 is 0 Å². The molecular formula is C36H78N4. The second-order valence-corrected chi connectivity index (χ2v) is 12.8. The SMILES string of the molecule is NCCCCCCCCCCCCN(CCCCCCCCCCCCN)CCCCCCCCCCCCN. The average molecular weight is 567 g/mol. The van der Waals surface area contributed by atoms with Crippen LogP contribution < -0.4 is 17.2 Å². The molecule has 0 atom stereocenters. The Labute approximate surface area is 253 Å². The molecule has 0 aliphatic heterocycles. The fourth-order valence-electron chi connectivity index (χ4n) is 6.02. The molecule has 0 aromatic heterocycles. The lowest BCUT2D eigenvalue weighted by atomic mass is 10.1. The highest BCUT2D eigenvalue weighted by Crippen LogP contribution is 2.14. The van der Waals surface area contributed by atoms with Crippen LogP contribution in [0.4, 0.5) is 0 Å². The molecule has 0 aliphatic rings. The molecule has 0 heterocycles. The predicted molar refractivity (Wildman–Crippen MR) is 182 cm³/mol. The molecule has 0 saturated carbocycles. The van der Waals surface area contributed by atoms with E-state index in [1.54, 1.807) is 0 Å². The molecule has 0 bridgehead atoms. The van der Waals surface area contributed by atoms with E-state index in [2.05, 4.69) is 4.90 Å². The van der Waals surface area contributed by atoms with Gasteiger partial charge in [0.1, 0.15) is 0 Å². The third kappa shape index (κ3) is 34.0. The molecule has 0 aromatic carbocycles. The van der Waals surface area contributed by atoms with Crippen molar-refractivity contribution in [2.24, 2.45) is 17.2 Å². The first-order valence-electron chi connectivity index (χ1n) is 18.7. The van der Waals surface area contributed by atoms with Gasteiger partial charge in [0.15, 0.2) is 0 Å². The molecule has 0 spiro atoms. The monoisotopic (exact) mass is 567 g/mol. The van der Waals surface area contributed by atoms with Crippen LogP contribution in [0.3, 0.4) is 0 Å². The number of hydrogen-bond donors (Lipinski definition) is 3. The van der Waals surface area contributed by atoms with Crippen molar-refractivity contribution < 1.29 is 0 Å². The van der Waals surface area contributed by atoms with Crippen molar-refractivity contribution in [2.45, 2.75) is 193 Å². The summed E-state index contributed by atoms with van der Waals surface area (Å²) in [5, 5.41) is 0. The fraction of sp³-hybridized carbons (Fsp3) is 1.00. The van der Waals surface area contributed by atoms with E-state index in [0.717, 1.165) is 19.6 Å². The van der Waals surface area contributed by atoms with E-state index in [4.69, 9.17) is 17.2 Å². The van der Waals surface area contributed by atoms with Crippen LogP contribution in [0.5, 0.6) is 0 Å². The number of nitrogens with two attached hydrogens (primary N) is 3. The van der Waals surface area contributed by atoms with Gasteiger partial charge in [-0.15, -0.1) is 0 Å². The molecule has 0 radical (unpaired) electrons. The average Bonchev–Trinajstić information content (AvgIpc) is 2.97. The van der Waals surface area contributed by atoms with Crippen molar-refractivity contribution in [2.75, 3.05) is 39.3 Å². The summed E-state index contributed by atoms with van der Waals surface area (Å²) in [5.74, 6) is 0. The Morgan fingerprint density at radius 3 is 0.525 bits per heavy atom. The fourth-order valence-corrected chi connectivity index (χ4v) is 6.02. The second kappa shape index (κ2) is 36.9. The van der Waals surface area contributed by atoms with Gasteiger partial charge in [-0.3, -0.25) is 0 Å². The highest BCUT2D eigenvalue weighted by molar-refractivity contribution is 4.61. The minimum absolute atomic E-state index is 0.865. The van der Waals surface area contributed by atoms with E-state index in [1.807, 2.05) is 0 Å². The lowest BCUT2D eigenvalue weighted by molar-refractivity contribution is 0.254. The van der Waals surface area contributed by atoms with E-state index in [9.17, 15) is 0 Å². The quantitative estimate of drug-likeness (QED) is 0.0659. The molecule has 6 N–H and O–H groups in total. The summed E-state index contributed by atoms with van der Waals surface area (Å²) in [6.07, 6.45) is 41.8. The summed E-state index contributed by atoms with van der Waals surface area (Å²) in [6, 6.07) is 0. The summed E-state index contributed by atoms with van der Waals surface area (Å²) >= 11 is 0. The van der Waals surface area contributed by atoms with Gasteiger partial charge in [-0.05, 0) is 77.8 Å². The third-order valence-corrected chi connectivity index (χ3v) is 8.79. The van der Waals surface area contributed by atoms with Crippen LogP contribution in [0.25, 0.3) is 0 Å². The topological polar surface area (TPSA) is 81.3 Å². The molecule has 0 unspecified atom stereocenters. The van der Waals surface area contributed by atoms with Gasteiger partial charge >= 0.3 is 0 Å². The molecule has 0 aliphatic carbocycles. The molecule has 242 valence electrons. The molecule has 0 fully saturated rings. The zero-order chi connectivity index (χ0) is 29.0.